The molecule has 1 unspecified atom stereocenters. The predicted octanol–water partition coefficient (Wildman–Crippen LogP) is 4.07. The van der Waals surface area contributed by atoms with Gasteiger partial charge in [-0.25, -0.2) is 0 Å². The second-order valence-electron chi connectivity index (χ2n) is 7.65. The molecule has 0 spiro atoms. The number of benzene rings is 1. The Morgan fingerprint density at radius 3 is 2.52 bits per heavy atom. The molecule has 1 aromatic heterocycles. The summed E-state index contributed by atoms with van der Waals surface area (Å²) < 4.78 is 0. The molecular formula is C24H29N3O2. The van der Waals surface area contributed by atoms with Crippen molar-refractivity contribution in [3.05, 3.63) is 78.6 Å². The zero-order valence-corrected chi connectivity index (χ0v) is 17.0. The Hall–Kier alpha value is -2.95. The molecule has 1 aromatic carbocycles. The van der Waals surface area contributed by atoms with E-state index in [1.54, 1.807) is 35.5 Å². The van der Waals surface area contributed by atoms with Crippen molar-refractivity contribution in [1.82, 2.24) is 15.2 Å². The molecule has 0 radical (unpaired) electrons. The number of nitrogens with zero attached hydrogens (tertiary/aromatic N) is 2. The van der Waals surface area contributed by atoms with E-state index < -0.39 is 5.54 Å². The van der Waals surface area contributed by atoms with Crippen LogP contribution in [0.1, 0.15) is 54.9 Å². The van der Waals surface area contributed by atoms with Gasteiger partial charge in [0.25, 0.3) is 11.8 Å². The number of nitrogens with one attached hydrogen (secondary N) is 1. The highest BCUT2D eigenvalue weighted by atomic mass is 16.2. The number of hydrogen-bond acceptors (Lipinski definition) is 3. The fourth-order valence-electron chi connectivity index (χ4n) is 4.18. The number of hydrogen-bond donors (Lipinski definition) is 1. The Morgan fingerprint density at radius 2 is 1.90 bits per heavy atom. The fourth-order valence-corrected chi connectivity index (χ4v) is 4.18. The first-order chi connectivity index (χ1) is 14.1. The number of aromatic nitrogens is 1. The van der Waals surface area contributed by atoms with E-state index in [1.165, 1.54) is 0 Å². The average molecular weight is 392 g/mol. The Bertz CT molecular complexity index is 832. The number of carbonyl (C=O) groups is 2. The normalized spacial score (nSPS) is 16.4. The molecule has 152 valence electrons. The highest BCUT2D eigenvalue weighted by Crippen LogP contribution is 2.36. The van der Waals surface area contributed by atoms with Gasteiger partial charge in [-0.1, -0.05) is 55.7 Å². The van der Waals surface area contributed by atoms with E-state index in [0.717, 1.165) is 37.7 Å². The summed E-state index contributed by atoms with van der Waals surface area (Å²) in [4.78, 5) is 33.1. The highest BCUT2D eigenvalue weighted by Gasteiger charge is 2.47. The molecule has 5 heteroatoms. The summed E-state index contributed by atoms with van der Waals surface area (Å²) in [5.41, 5.74) is 0.153. The Morgan fingerprint density at radius 1 is 1.17 bits per heavy atom. The number of pyridine rings is 1. The van der Waals surface area contributed by atoms with Crippen LogP contribution < -0.4 is 5.32 Å². The first kappa shape index (κ1) is 20.8. The van der Waals surface area contributed by atoms with Gasteiger partial charge in [-0.2, -0.15) is 0 Å². The van der Waals surface area contributed by atoms with Crippen LogP contribution in [0.5, 0.6) is 0 Å². The van der Waals surface area contributed by atoms with Gasteiger partial charge in [0, 0.05) is 25.0 Å². The molecule has 1 heterocycles. The summed E-state index contributed by atoms with van der Waals surface area (Å²) in [6.07, 6.45) is 9.93. The van der Waals surface area contributed by atoms with Crippen LogP contribution in [-0.4, -0.2) is 34.3 Å². The van der Waals surface area contributed by atoms with Gasteiger partial charge < -0.3 is 10.2 Å². The largest absolute Gasteiger partial charge is 0.350 e. The van der Waals surface area contributed by atoms with Crippen molar-refractivity contribution < 1.29 is 9.59 Å². The zero-order chi connectivity index (χ0) is 20.7. The number of carbonyl (C=O) groups excluding carboxylic acids is 2. The molecule has 1 aliphatic carbocycles. The molecule has 5 nitrogen and oxygen atoms in total. The molecular weight excluding hydrogens is 362 g/mol. The first-order valence-electron chi connectivity index (χ1n) is 10.3. The van der Waals surface area contributed by atoms with Crippen molar-refractivity contribution >= 4 is 11.8 Å². The number of amides is 2. The highest BCUT2D eigenvalue weighted by molar-refractivity contribution is 5.99. The second-order valence-corrected chi connectivity index (χ2v) is 7.65. The van der Waals surface area contributed by atoms with E-state index in [-0.39, 0.29) is 17.9 Å². The lowest BCUT2D eigenvalue weighted by Crippen LogP contribution is -2.60. The lowest BCUT2D eigenvalue weighted by atomic mass is 9.83. The third-order valence-electron chi connectivity index (χ3n) is 5.73. The van der Waals surface area contributed by atoms with E-state index >= 15 is 0 Å². The first-order valence-corrected chi connectivity index (χ1v) is 10.3. The maximum Gasteiger partial charge on any atom is 0.256 e. The van der Waals surface area contributed by atoms with E-state index in [9.17, 15) is 9.59 Å². The van der Waals surface area contributed by atoms with E-state index in [2.05, 4.69) is 16.9 Å². The van der Waals surface area contributed by atoms with Crippen LogP contribution in [0.15, 0.2) is 67.5 Å². The van der Waals surface area contributed by atoms with Gasteiger partial charge in [-0.3, -0.25) is 14.6 Å². The molecule has 0 aliphatic heterocycles. The minimum atomic E-state index is -1.14. The third-order valence-corrected chi connectivity index (χ3v) is 5.73. The summed E-state index contributed by atoms with van der Waals surface area (Å²) in [5.74, 6) is -0.364. The SMILES string of the molecule is C=CCNC(=O)C(C)(c1ccccc1)N(C(=O)c1cccnc1)C1CCCCC1. The summed E-state index contributed by atoms with van der Waals surface area (Å²) in [6, 6.07) is 13.1. The number of rotatable bonds is 7. The lowest BCUT2D eigenvalue weighted by Gasteiger charge is -2.46. The molecule has 1 fully saturated rings. The van der Waals surface area contributed by atoms with Gasteiger partial charge in [0.1, 0.15) is 5.54 Å². The lowest BCUT2D eigenvalue weighted by molar-refractivity contribution is -0.133. The Balaban J connectivity index is 2.12. The van der Waals surface area contributed by atoms with Crippen LogP contribution >= 0.6 is 0 Å². The zero-order valence-electron chi connectivity index (χ0n) is 17.0. The summed E-state index contributed by atoms with van der Waals surface area (Å²) >= 11 is 0. The minimum Gasteiger partial charge on any atom is -0.350 e. The summed E-state index contributed by atoms with van der Waals surface area (Å²) in [7, 11) is 0. The van der Waals surface area contributed by atoms with Crippen LogP contribution in [-0.2, 0) is 10.3 Å². The van der Waals surface area contributed by atoms with Gasteiger partial charge in [-0.05, 0) is 37.5 Å². The van der Waals surface area contributed by atoms with Crippen LogP contribution in [0.4, 0.5) is 0 Å². The van der Waals surface area contributed by atoms with E-state index in [1.807, 2.05) is 37.3 Å². The summed E-state index contributed by atoms with van der Waals surface area (Å²) in [6.45, 7) is 5.90. The van der Waals surface area contributed by atoms with Crippen LogP contribution in [0.25, 0.3) is 0 Å². The smallest absolute Gasteiger partial charge is 0.256 e. The van der Waals surface area contributed by atoms with Gasteiger partial charge in [-0.15, -0.1) is 6.58 Å². The maximum absolute atomic E-state index is 13.7. The van der Waals surface area contributed by atoms with Crippen molar-refractivity contribution in [3.63, 3.8) is 0 Å². The van der Waals surface area contributed by atoms with Gasteiger partial charge >= 0.3 is 0 Å². The molecule has 1 aliphatic rings. The molecule has 2 aromatic rings. The fraction of sp³-hybridized carbons (Fsp3) is 0.375. The molecule has 0 saturated heterocycles. The average Bonchev–Trinajstić information content (AvgIpc) is 2.79. The van der Waals surface area contributed by atoms with Crippen molar-refractivity contribution in [2.24, 2.45) is 0 Å². The third kappa shape index (κ3) is 4.39. The van der Waals surface area contributed by atoms with Crippen LogP contribution in [0.2, 0.25) is 0 Å². The molecule has 1 atom stereocenters. The topological polar surface area (TPSA) is 62.3 Å². The summed E-state index contributed by atoms with van der Waals surface area (Å²) in [5, 5.41) is 2.93. The van der Waals surface area contributed by atoms with Crippen molar-refractivity contribution in [1.29, 1.82) is 0 Å². The standard InChI is InChI=1S/C24H29N3O2/c1-3-16-26-23(29)24(2,20-12-6-4-7-13-20)27(21-14-8-5-9-15-21)22(28)19-11-10-17-25-18-19/h3-4,6-7,10-13,17-18,21H,1,5,8-9,14-16H2,2H3,(H,26,29). The molecule has 1 N–H and O–H groups in total. The maximum atomic E-state index is 13.7. The molecule has 29 heavy (non-hydrogen) atoms. The van der Waals surface area contributed by atoms with Crippen LogP contribution in [0.3, 0.4) is 0 Å². The van der Waals surface area contributed by atoms with Crippen LogP contribution in [0, 0.1) is 0 Å². The van der Waals surface area contributed by atoms with Crippen molar-refractivity contribution in [2.45, 2.75) is 50.6 Å². The minimum absolute atomic E-state index is 0.00357. The van der Waals surface area contributed by atoms with Gasteiger partial charge in [0.2, 0.25) is 0 Å². The van der Waals surface area contributed by atoms with Gasteiger partial charge in [0.15, 0.2) is 0 Å². The Kier molecular flexibility index (Phi) is 6.81. The van der Waals surface area contributed by atoms with E-state index in [4.69, 9.17) is 0 Å². The Labute approximate surface area is 172 Å². The quantitative estimate of drug-likeness (QED) is 0.724. The second kappa shape index (κ2) is 9.50. The van der Waals surface area contributed by atoms with Crippen molar-refractivity contribution in [2.75, 3.05) is 6.54 Å². The van der Waals surface area contributed by atoms with E-state index in [0.29, 0.717) is 12.1 Å². The van der Waals surface area contributed by atoms with Gasteiger partial charge in [0.05, 0.1) is 5.56 Å². The predicted molar refractivity (Wildman–Crippen MR) is 114 cm³/mol. The van der Waals surface area contributed by atoms with Crippen molar-refractivity contribution in [3.8, 4) is 0 Å². The molecule has 1 saturated carbocycles. The molecule has 2 amide bonds. The molecule has 3 rings (SSSR count). The molecule has 0 bridgehead atoms. The monoisotopic (exact) mass is 391 g/mol.